The Bertz CT molecular complexity index is 2730. The molecule has 0 heterocycles. The summed E-state index contributed by atoms with van der Waals surface area (Å²) in [4.78, 5) is 0. The number of hydrogen-bond donors (Lipinski definition) is 0. The number of rotatable bonds is 5. The maximum absolute atomic E-state index is 2.66. The van der Waals surface area contributed by atoms with Crippen molar-refractivity contribution in [3.63, 3.8) is 0 Å². The molecule has 0 heteroatoms. The summed E-state index contributed by atoms with van der Waals surface area (Å²) in [6.07, 6.45) is 13.6. The fourth-order valence-corrected chi connectivity index (χ4v) is 14.7. The molecular formula is C59H52. The van der Waals surface area contributed by atoms with Crippen molar-refractivity contribution in [1.29, 1.82) is 0 Å². The molecule has 2 spiro atoms. The molecule has 7 aliphatic rings. The van der Waals surface area contributed by atoms with Gasteiger partial charge in [-0.3, -0.25) is 0 Å². The summed E-state index contributed by atoms with van der Waals surface area (Å²) in [5.74, 6) is 3.54. The van der Waals surface area contributed by atoms with E-state index in [2.05, 4.69) is 164 Å². The monoisotopic (exact) mass is 760 g/mol. The highest BCUT2D eigenvalue weighted by Crippen LogP contribution is 2.69. The highest BCUT2D eigenvalue weighted by Gasteiger charge is 2.61. The van der Waals surface area contributed by atoms with Gasteiger partial charge < -0.3 is 0 Å². The van der Waals surface area contributed by atoms with Gasteiger partial charge in [-0.15, -0.1) is 0 Å². The van der Waals surface area contributed by atoms with Gasteiger partial charge in [-0.05, 0) is 158 Å². The minimum atomic E-state index is 0.0852. The lowest BCUT2D eigenvalue weighted by molar-refractivity contribution is -0.0399. The predicted molar refractivity (Wildman–Crippen MR) is 244 cm³/mol. The Kier molecular flexibility index (Phi) is 7.59. The second-order valence-corrected chi connectivity index (χ2v) is 19.5. The van der Waals surface area contributed by atoms with Gasteiger partial charge in [-0.1, -0.05) is 177 Å². The van der Waals surface area contributed by atoms with Crippen LogP contribution in [0, 0.1) is 23.7 Å². The van der Waals surface area contributed by atoms with Crippen LogP contribution in [0.4, 0.5) is 0 Å². The van der Waals surface area contributed by atoms with Crippen molar-refractivity contribution >= 4 is 0 Å². The van der Waals surface area contributed by atoms with Crippen molar-refractivity contribution in [2.75, 3.05) is 0 Å². The molecule has 0 amide bonds. The smallest absolute Gasteiger partial charge is 0.0346 e. The van der Waals surface area contributed by atoms with Crippen LogP contribution in [0.2, 0.25) is 0 Å². The van der Waals surface area contributed by atoms with E-state index in [0.29, 0.717) is 0 Å². The SMILES string of the molecule is c1ccc(-c2ccc(C(c3ccc4c(c3)C3(CCCCC3)c3ccccc3-4)c3ccccc3-c3ccc4c(c3)-c3ccccc3C43C4CC5CC(C4)CC3C5)cc2)cc1. The molecule has 14 rings (SSSR count). The van der Waals surface area contributed by atoms with E-state index in [1.165, 1.54) is 125 Å². The Morgan fingerprint density at radius 3 is 1.68 bits per heavy atom. The van der Waals surface area contributed by atoms with Gasteiger partial charge in [0.2, 0.25) is 0 Å². The average molecular weight is 761 g/mol. The van der Waals surface area contributed by atoms with Crippen molar-refractivity contribution in [2.24, 2.45) is 23.7 Å². The summed E-state index contributed by atoms with van der Waals surface area (Å²) in [5.41, 5.74) is 22.0. The first-order chi connectivity index (χ1) is 29.2. The van der Waals surface area contributed by atoms with Crippen molar-refractivity contribution in [3.8, 4) is 44.5 Å². The molecule has 7 aromatic rings. The number of benzene rings is 7. The molecule has 288 valence electrons. The summed E-state index contributed by atoms with van der Waals surface area (Å²) in [6, 6.07) is 64.0. The fourth-order valence-electron chi connectivity index (χ4n) is 14.7. The first kappa shape index (κ1) is 34.4. The van der Waals surface area contributed by atoms with Crippen LogP contribution in [0.5, 0.6) is 0 Å². The normalized spacial score (nSPS) is 25.4. The van der Waals surface area contributed by atoms with Gasteiger partial charge >= 0.3 is 0 Å². The molecular weight excluding hydrogens is 709 g/mol. The molecule has 5 fully saturated rings. The number of fused-ring (bicyclic) bond motifs is 8. The summed E-state index contributed by atoms with van der Waals surface area (Å²) >= 11 is 0. The zero-order valence-electron chi connectivity index (χ0n) is 34.0. The van der Waals surface area contributed by atoms with Crippen LogP contribution in [0.3, 0.4) is 0 Å². The largest absolute Gasteiger partial charge is 0.0622 e. The second kappa shape index (κ2) is 13.0. The van der Waals surface area contributed by atoms with Gasteiger partial charge in [-0.2, -0.15) is 0 Å². The zero-order valence-corrected chi connectivity index (χ0v) is 34.0. The quantitative estimate of drug-likeness (QED) is 0.153. The topological polar surface area (TPSA) is 0 Å². The van der Waals surface area contributed by atoms with Crippen LogP contribution < -0.4 is 0 Å². The van der Waals surface area contributed by atoms with Crippen molar-refractivity contribution < 1.29 is 0 Å². The standard InChI is InChI=1S/C59H52/c1-3-13-40(14-4-1)41-21-23-42(24-22-41)57(44-25-27-50-48-16-7-9-19-53(48)58(56(50)37-44)29-11-2-12-30-58)51-18-6-5-15-47(51)43-26-28-55-52(36-43)49-17-8-10-20-54(49)59(55)45-32-38-31-39(34-45)35-46(59)33-38/h1,3-10,13-28,36-39,45-46,57H,2,11-12,29-35H2. The summed E-state index contributed by atoms with van der Waals surface area (Å²) in [7, 11) is 0. The summed E-state index contributed by atoms with van der Waals surface area (Å²) < 4.78 is 0. The van der Waals surface area contributed by atoms with Crippen molar-refractivity contribution in [1.82, 2.24) is 0 Å². The molecule has 0 nitrogen and oxygen atoms in total. The van der Waals surface area contributed by atoms with Crippen molar-refractivity contribution in [3.05, 3.63) is 203 Å². The predicted octanol–water partition coefficient (Wildman–Crippen LogP) is 15.2. The molecule has 1 atom stereocenters. The van der Waals surface area contributed by atoms with Crippen LogP contribution in [0.15, 0.2) is 164 Å². The molecule has 0 radical (unpaired) electrons. The van der Waals surface area contributed by atoms with E-state index in [-0.39, 0.29) is 16.7 Å². The Hall–Kier alpha value is -5.46. The van der Waals surface area contributed by atoms with E-state index in [1.54, 1.807) is 22.3 Å². The maximum atomic E-state index is 2.66. The van der Waals surface area contributed by atoms with E-state index in [4.69, 9.17) is 0 Å². The molecule has 0 saturated heterocycles. The highest BCUT2D eigenvalue weighted by molar-refractivity contribution is 5.87. The molecule has 4 bridgehead atoms. The molecule has 5 saturated carbocycles. The number of hydrogen-bond acceptors (Lipinski definition) is 0. The van der Waals surface area contributed by atoms with Crippen LogP contribution in [-0.2, 0) is 10.8 Å². The van der Waals surface area contributed by atoms with E-state index < -0.39 is 0 Å². The van der Waals surface area contributed by atoms with E-state index in [1.807, 2.05) is 0 Å². The molecule has 0 aromatic heterocycles. The van der Waals surface area contributed by atoms with Crippen LogP contribution in [-0.4, -0.2) is 0 Å². The molecule has 59 heavy (non-hydrogen) atoms. The van der Waals surface area contributed by atoms with E-state index in [9.17, 15) is 0 Å². The Morgan fingerprint density at radius 2 is 0.932 bits per heavy atom. The highest BCUT2D eigenvalue weighted by atomic mass is 14.6. The van der Waals surface area contributed by atoms with Gasteiger partial charge in [0.05, 0.1) is 0 Å². The third-order valence-corrected chi connectivity index (χ3v) is 16.8. The second-order valence-electron chi connectivity index (χ2n) is 19.5. The lowest BCUT2D eigenvalue weighted by Gasteiger charge is -2.61. The molecule has 7 aromatic carbocycles. The lowest BCUT2D eigenvalue weighted by Crippen LogP contribution is -2.55. The average Bonchev–Trinajstić information content (AvgIpc) is 3.73. The lowest BCUT2D eigenvalue weighted by atomic mass is 9.43. The van der Waals surface area contributed by atoms with Gasteiger partial charge in [0.25, 0.3) is 0 Å². The minimum absolute atomic E-state index is 0.0852. The van der Waals surface area contributed by atoms with Crippen LogP contribution in [0.1, 0.15) is 109 Å². The summed E-state index contributed by atoms with van der Waals surface area (Å²) in [5, 5.41) is 0. The Labute approximate surface area is 350 Å². The van der Waals surface area contributed by atoms with E-state index >= 15 is 0 Å². The third kappa shape index (κ3) is 4.90. The summed E-state index contributed by atoms with van der Waals surface area (Å²) in [6.45, 7) is 0. The molecule has 0 aliphatic heterocycles. The molecule has 0 N–H and O–H groups in total. The van der Waals surface area contributed by atoms with Crippen LogP contribution in [0.25, 0.3) is 44.5 Å². The van der Waals surface area contributed by atoms with Crippen LogP contribution >= 0.6 is 0 Å². The van der Waals surface area contributed by atoms with E-state index in [0.717, 1.165) is 23.7 Å². The Balaban J connectivity index is 0.981. The van der Waals surface area contributed by atoms with Gasteiger partial charge in [-0.25, -0.2) is 0 Å². The van der Waals surface area contributed by atoms with Crippen molar-refractivity contribution in [2.45, 2.75) is 81.0 Å². The first-order valence-corrected chi connectivity index (χ1v) is 22.9. The Morgan fingerprint density at radius 1 is 0.373 bits per heavy atom. The zero-order chi connectivity index (χ0) is 38.7. The minimum Gasteiger partial charge on any atom is -0.0622 e. The maximum Gasteiger partial charge on any atom is 0.0346 e. The molecule has 7 aliphatic carbocycles. The van der Waals surface area contributed by atoms with Gasteiger partial charge in [0.1, 0.15) is 0 Å². The van der Waals surface area contributed by atoms with Gasteiger partial charge in [0.15, 0.2) is 0 Å². The molecule has 1 unspecified atom stereocenters. The third-order valence-electron chi connectivity index (χ3n) is 16.8. The first-order valence-electron chi connectivity index (χ1n) is 22.9. The van der Waals surface area contributed by atoms with Gasteiger partial charge in [0, 0.05) is 16.7 Å². The fraction of sp³-hybridized carbons (Fsp3) is 0.288.